The van der Waals surface area contributed by atoms with Crippen molar-refractivity contribution in [3.8, 4) is 0 Å². The second kappa shape index (κ2) is 6.35. The maximum atomic E-state index is 13.7. The van der Waals surface area contributed by atoms with Gasteiger partial charge in [-0.25, -0.2) is 4.39 Å². The molecular weight excluding hydrogens is 279 g/mol. The largest absolute Gasteiger partial charge is 0.271 e. The highest BCUT2D eigenvalue weighted by atomic mass is 35.5. The lowest BCUT2D eigenvalue weighted by Crippen LogP contribution is -2.38. The molecule has 0 radical (unpaired) electrons. The summed E-state index contributed by atoms with van der Waals surface area (Å²) in [6.07, 6.45) is 1.09. The second-order valence-corrected chi connectivity index (χ2v) is 5.20. The lowest BCUT2D eigenvalue weighted by atomic mass is 9.99. The monoisotopic (exact) mass is 296 g/mol. The number of nitrogens with two attached hydrogens (primary N) is 1. The molecule has 1 unspecified atom stereocenters. The fourth-order valence-electron chi connectivity index (χ4n) is 2.27. The molecule has 2 rings (SSSR count). The minimum Gasteiger partial charge on any atom is -0.271 e. The van der Waals surface area contributed by atoms with Gasteiger partial charge in [0, 0.05) is 18.7 Å². The minimum absolute atomic E-state index is 0.104. The number of hydrazine groups is 1. The number of aromatic nitrogens is 2. The van der Waals surface area contributed by atoms with Crippen LogP contribution in [0.1, 0.15) is 16.8 Å². The van der Waals surface area contributed by atoms with Gasteiger partial charge in [-0.15, -0.1) is 0 Å². The van der Waals surface area contributed by atoms with Crippen molar-refractivity contribution < 1.29 is 4.39 Å². The summed E-state index contributed by atoms with van der Waals surface area (Å²) in [7, 11) is 1.79. The molecule has 1 atom stereocenters. The first-order valence-corrected chi connectivity index (χ1v) is 6.78. The van der Waals surface area contributed by atoms with Crippen LogP contribution in [0.3, 0.4) is 0 Å². The zero-order valence-corrected chi connectivity index (χ0v) is 12.3. The van der Waals surface area contributed by atoms with Crippen LogP contribution in [0.4, 0.5) is 4.39 Å². The summed E-state index contributed by atoms with van der Waals surface area (Å²) in [5.74, 6) is 5.36. The molecule has 108 valence electrons. The number of halogens is 2. The summed E-state index contributed by atoms with van der Waals surface area (Å²) < 4.78 is 15.3. The molecule has 0 aliphatic carbocycles. The molecule has 0 saturated carbocycles. The van der Waals surface area contributed by atoms with E-state index in [1.165, 1.54) is 6.07 Å². The number of rotatable bonds is 5. The fourth-order valence-corrected chi connectivity index (χ4v) is 2.52. The van der Waals surface area contributed by atoms with E-state index < -0.39 is 0 Å². The third kappa shape index (κ3) is 3.17. The van der Waals surface area contributed by atoms with E-state index in [-0.39, 0.29) is 11.9 Å². The molecule has 4 nitrogen and oxygen atoms in total. The van der Waals surface area contributed by atoms with Crippen molar-refractivity contribution >= 4 is 11.6 Å². The Morgan fingerprint density at radius 3 is 2.65 bits per heavy atom. The van der Waals surface area contributed by atoms with Crippen molar-refractivity contribution in [2.45, 2.75) is 25.8 Å². The van der Waals surface area contributed by atoms with Gasteiger partial charge in [-0.3, -0.25) is 16.0 Å². The number of hydrogen-bond donors (Lipinski definition) is 2. The van der Waals surface area contributed by atoms with Crippen molar-refractivity contribution in [1.29, 1.82) is 0 Å². The topological polar surface area (TPSA) is 55.9 Å². The molecule has 0 amide bonds. The molecule has 2 aromatic rings. The van der Waals surface area contributed by atoms with Gasteiger partial charge in [-0.05, 0) is 31.4 Å². The third-order valence-corrected chi connectivity index (χ3v) is 3.85. The number of aryl methyl sites for hydroxylation is 2. The first kappa shape index (κ1) is 15.0. The smallest absolute Gasteiger partial charge is 0.130 e. The molecule has 0 aliphatic heterocycles. The number of hydrogen-bond acceptors (Lipinski definition) is 3. The summed E-state index contributed by atoms with van der Waals surface area (Å²) in [4.78, 5) is 0. The van der Waals surface area contributed by atoms with E-state index in [9.17, 15) is 4.39 Å². The SMILES string of the molecule is Cc1nn(C)c(Cl)c1CC(Cc1ccccc1F)NN. The highest BCUT2D eigenvalue weighted by molar-refractivity contribution is 6.30. The first-order valence-electron chi connectivity index (χ1n) is 6.40. The molecule has 0 bridgehead atoms. The molecule has 20 heavy (non-hydrogen) atoms. The molecule has 3 N–H and O–H groups in total. The van der Waals surface area contributed by atoms with E-state index in [1.54, 1.807) is 23.9 Å². The van der Waals surface area contributed by atoms with E-state index in [1.807, 2.05) is 13.0 Å². The van der Waals surface area contributed by atoms with Crippen molar-refractivity contribution in [1.82, 2.24) is 15.2 Å². The zero-order valence-electron chi connectivity index (χ0n) is 11.5. The Hall–Kier alpha value is -1.43. The summed E-state index contributed by atoms with van der Waals surface area (Å²) >= 11 is 6.21. The Bertz CT molecular complexity index is 597. The Morgan fingerprint density at radius 1 is 1.40 bits per heavy atom. The molecule has 0 spiro atoms. The molecule has 1 aromatic heterocycles. The van der Waals surface area contributed by atoms with Crippen LogP contribution in [0.2, 0.25) is 5.15 Å². The highest BCUT2D eigenvalue weighted by Crippen LogP contribution is 2.21. The van der Waals surface area contributed by atoms with Gasteiger partial charge in [0.1, 0.15) is 11.0 Å². The maximum absolute atomic E-state index is 13.7. The molecule has 6 heteroatoms. The van der Waals surface area contributed by atoms with Crippen molar-refractivity contribution in [2.75, 3.05) is 0 Å². The summed E-state index contributed by atoms with van der Waals surface area (Å²) in [6.45, 7) is 1.90. The fraction of sp³-hybridized carbons (Fsp3) is 0.357. The zero-order chi connectivity index (χ0) is 14.7. The Kier molecular flexibility index (Phi) is 4.75. The molecule has 0 fully saturated rings. The Labute approximate surface area is 122 Å². The lowest BCUT2D eigenvalue weighted by molar-refractivity contribution is 0.505. The third-order valence-electron chi connectivity index (χ3n) is 3.38. The van der Waals surface area contributed by atoms with Gasteiger partial charge in [0.2, 0.25) is 0 Å². The molecule has 0 aliphatic rings. The summed E-state index contributed by atoms with van der Waals surface area (Å²) in [6, 6.07) is 6.59. The normalized spacial score (nSPS) is 12.7. The number of nitrogens with zero attached hydrogens (tertiary/aromatic N) is 2. The van der Waals surface area contributed by atoms with Crippen LogP contribution in [0.15, 0.2) is 24.3 Å². The van der Waals surface area contributed by atoms with E-state index in [2.05, 4.69) is 10.5 Å². The molecule has 1 heterocycles. The predicted molar refractivity (Wildman–Crippen MR) is 77.9 cm³/mol. The Balaban J connectivity index is 2.15. The van der Waals surface area contributed by atoms with E-state index in [0.29, 0.717) is 23.6 Å². The maximum Gasteiger partial charge on any atom is 0.130 e. The van der Waals surface area contributed by atoms with Gasteiger partial charge in [0.25, 0.3) is 0 Å². The van der Waals surface area contributed by atoms with Crippen LogP contribution >= 0.6 is 11.6 Å². The molecule has 0 saturated heterocycles. The van der Waals surface area contributed by atoms with E-state index in [0.717, 1.165) is 11.3 Å². The van der Waals surface area contributed by atoms with Gasteiger partial charge in [0.15, 0.2) is 0 Å². The number of benzene rings is 1. The predicted octanol–water partition coefficient (Wildman–Crippen LogP) is 2.14. The number of nitrogens with one attached hydrogen (secondary N) is 1. The van der Waals surface area contributed by atoms with Crippen LogP contribution in [0.25, 0.3) is 0 Å². The van der Waals surface area contributed by atoms with Gasteiger partial charge >= 0.3 is 0 Å². The standard InChI is InChI=1S/C14H18ClFN4/c1-9-12(14(15)20(2)19-9)8-11(18-17)7-10-5-3-4-6-13(10)16/h3-6,11,18H,7-8,17H2,1-2H3. The Morgan fingerprint density at radius 2 is 2.10 bits per heavy atom. The first-order chi connectivity index (χ1) is 9.52. The molecule has 1 aromatic carbocycles. The van der Waals surface area contributed by atoms with E-state index >= 15 is 0 Å². The minimum atomic E-state index is -0.221. The highest BCUT2D eigenvalue weighted by Gasteiger charge is 2.17. The van der Waals surface area contributed by atoms with Gasteiger partial charge in [-0.2, -0.15) is 5.10 Å². The quantitative estimate of drug-likeness (QED) is 0.656. The van der Waals surface area contributed by atoms with Crippen LogP contribution in [0, 0.1) is 12.7 Å². The van der Waals surface area contributed by atoms with Gasteiger partial charge < -0.3 is 0 Å². The van der Waals surface area contributed by atoms with E-state index in [4.69, 9.17) is 17.4 Å². The van der Waals surface area contributed by atoms with Crippen LogP contribution in [-0.4, -0.2) is 15.8 Å². The van der Waals surface area contributed by atoms with Crippen molar-refractivity contribution in [3.63, 3.8) is 0 Å². The average molecular weight is 297 g/mol. The van der Waals surface area contributed by atoms with Crippen molar-refractivity contribution in [2.24, 2.45) is 12.9 Å². The van der Waals surface area contributed by atoms with Gasteiger partial charge in [-0.1, -0.05) is 29.8 Å². The van der Waals surface area contributed by atoms with Crippen molar-refractivity contribution in [3.05, 3.63) is 52.1 Å². The average Bonchev–Trinajstić information content (AvgIpc) is 2.66. The van der Waals surface area contributed by atoms with Gasteiger partial charge in [0.05, 0.1) is 5.69 Å². The summed E-state index contributed by atoms with van der Waals surface area (Å²) in [5.41, 5.74) is 5.17. The van der Waals surface area contributed by atoms with Crippen LogP contribution in [0.5, 0.6) is 0 Å². The van der Waals surface area contributed by atoms with Crippen LogP contribution in [-0.2, 0) is 19.9 Å². The molecular formula is C14H18ClFN4. The van der Waals surface area contributed by atoms with Crippen LogP contribution < -0.4 is 11.3 Å². The second-order valence-electron chi connectivity index (χ2n) is 4.84. The lowest BCUT2D eigenvalue weighted by Gasteiger charge is -2.16. The summed E-state index contributed by atoms with van der Waals surface area (Å²) in [5, 5.41) is 4.86.